The number of nitrogens with zero attached hydrogens (tertiary/aromatic N) is 4. The van der Waals surface area contributed by atoms with Crippen molar-refractivity contribution in [2.24, 2.45) is 0 Å². The zero-order chi connectivity index (χ0) is 58.9. The van der Waals surface area contributed by atoms with Crippen molar-refractivity contribution in [2.45, 2.75) is 33.0 Å². The summed E-state index contributed by atoms with van der Waals surface area (Å²) in [4.78, 5) is 9.16. The van der Waals surface area contributed by atoms with Gasteiger partial charge in [0.1, 0.15) is 5.82 Å². The van der Waals surface area contributed by atoms with Gasteiger partial charge in [-0.3, -0.25) is 0 Å². The predicted molar refractivity (Wildman–Crippen MR) is 322 cm³/mol. The number of ether oxygens (including phenoxy) is 1. The molecule has 78 heavy (non-hydrogen) atoms. The second-order valence-corrected chi connectivity index (χ2v) is 24.1. The summed E-state index contributed by atoms with van der Waals surface area (Å²) in [5.74, 6) is 1.01. The first-order valence-electron chi connectivity index (χ1n) is 29.7. The number of rotatable bonds is 11. The molecule has 1 aliphatic heterocycles. The van der Waals surface area contributed by atoms with E-state index in [9.17, 15) is 0 Å². The third-order valence-corrected chi connectivity index (χ3v) is 19.4. The van der Waals surface area contributed by atoms with E-state index in [0.29, 0.717) is 22.5 Å². The number of hydrogen-bond acceptors (Lipinski definition) is 4. The fraction of sp³-hybridized carbons (Fsp3) is 0.0704. The molecular formula is C71H55N4OPtSi-3. The smallest absolute Gasteiger partial charge is 0.179 e. The number of pyridine rings is 1. The molecule has 3 heterocycles. The molecule has 13 rings (SSSR count). The summed E-state index contributed by atoms with van der Waals surface area (Å²) >= 11 is 0. The summed E-state index contributed by atoms with van der Waals surface area (Å²) in [7, 11) is -2.90. The molecule has 12 aromatic rings. The minimum absolute atomic E-state index is 0. The molecule has 0 aliphatic carbocycles. The van der Waals surface area contributed by atoms with Crippen LogP contribution in [0.1, 0.15) is 42.9 Å². The Kier molecular flexibility index (Phi) is 11.1. The molecule has 0 fully saturated rings. The standard InChI is InChI=1S/C71H55N4OSi.Pt/c1-50-42-70(72-48-65(50)51-22-9-5-10-23-51)75-66-41-38-53(52-24-19-35-62(43-52)77(59-29-11-6-12-30-59,60-31-13-7-14-32-60)61-33-15-8-16-34-61)44-64(66)63-40-39-58(47-69(63)75)76-57-28-21-27-56(46-57)74-49-73(67-36-17-18-37-68(67)74)55-26-20-25-54(45-55)71(2,3)4;/h5-45,48-49H,1-4H3;/q-3;/i1D3,5D,9D,10D,22D,23D;. The first-order chi connectivity index (χ1) is 41.0. The van der Waals surface area contributed by atoms with Gasteiger partial charge in [-0.2, -0.15) is 12.1 Å². The fourth-order valence-electron chi connectivity index (χ4n) is 10.9. The SMILES string of the molecule is [2H]c1c([2H])c([2H])c(-c2cnc(-n3c4[c-]c(Oc5[c-]c(N6[CH-]N(c7cccc(C(C)(C)C)c7)c7ccccc76)ccc5)ccc4c4cc(-c5cccc([Si](c6ccccc6)(c6ccccc6)c6ccccc6)c5)ccc43)cc2C([2H])([2H])[2H])c([2H])c1[2H].[Pt]. The maximum atomic E-state index is 8.82. The molecule has 5 nitrogen and oxygen atoms in total. The maximum absolute atomic E-state index is 8.82. The maximum Gasteiger partial charge on any atom is 0.179 e. The van der Waals surface area contributed by atoms with Crippen molar-refractivity contribution in [1.82, 2.24) is 9.55 Å². The Morgan fingerprint density at radius 1 is 0.551 bits per heavy atom. The molecule has 0 N–H and O–H groups in total. The normalized spacial score (nSPS) is 14.0. The van der Waals surface area contributed by atoms with Crippen molar-refractivity contribution in [2.75, 3.05) is 9.80 Å². The number of fused-ring (bicyclic) bond motifs is 4. The van der Waals surface area contributed by atoms with E-state index in [2.05, 4.69) is 213 Å². The summed E-state index contributed by atoms with van der Waals surface area (Å²) in [5.41, 5.74) is 7.59. The molecule has 0 saturated heterocycles. The van der Waals surface area contributed by atoms with Gasteiger partial charge in [0.05, 0.1) is 6.85 Å². The first kappa shape index (κ1) is 41.6. The van der Waals surface area contributed by atoms with E-state index < -0.39 is 45.1 Å². The van der Waals surface area contributed by atoms with Crippen LogP contribution < -0.4 is 35.3 Å². The Bertz CT molecular complexity index is 4430. The molecule has 382 valence electrons. The van der Waals surface area contributed by atoms with E-state index in [-0.39, 0.29) is 49.0 Å². The van der Waals surface area contributed by atoms with Crippen molar-refractivity contribution in [1.29, 1.82) is 0 Å². The summed E-state index contributed by atoms with van der Waals surface area (Å²) in [6.45, 7) is 5.90. The van der Waals surface area contributed by atoms with Crippen molar-refractivity contribution in [3.8, 4) is 39.6 Å². The van der Waals surface area contributed by atoms with Gasteiger partial charge in [-0.25, -0.2) is 4.98 Å². The average Bonchev–Trinajstić information content (AvgIpc) is 1.25. The average molecular weight is 1210 g/mol. The molecule has 7 heteroatoms. The molecule has 0 unspecified atom stereocenters. The van der Waals surface area contributed by atoms with Crippen LogP contribution in [0.2, 0.25) is 0 Å². The van der Waals surface area contributed by atoms with Crippen LogP contribution in [0.4, 0.5) is 22.7 Å². The summed E-state index contributed by atoms with van der Waals surface area (Å²) < 4.78 is 77.8. The van der Waals surface area contributed by atoms with Crippen molar-refractivity contribution in [3.05, 3.63) is 285 Å². The van der Waals surface area contributed by atoms with Gasteiger partial charge in [0.25, 0.3) is 0 Å². The van der Waals surface area contributed by atoms with Crippen molar-refractivity contribution in [3.63, 3.8) is 0 Å². The zero-order valence-electron chi connectivity index (χ0n) is 51.0. The van der Waals surface area contributed by atoms with Gasteiger partial charge in [-0.05, 0) is 103 Å². The number of benzene rings is 10. The monoisotopic (exact) mass is 1210 g/mol. The molecule has 0 saturated carbocycles. The molecule has 0 bridgehead atoms. The molecule has 0 radical (unpaired) electrons. The largest absolute Gasteiger partial charge is 0.509 e. The van der Waals surface area contributed by atoms with Crippen LogP contribution in [0.5, 0.6) is 11.5 Å². The van der Waals surface area contributed by atoms with Gasteiger partial charge in [-0.15, -0.1) is 48.1 Å². The van der Waals surface area contributed by atoms with E-state index >= 15 is 0 Å². The fourth-order valence-corrected chi connectivity index (χ4v) is 15.7. The van der Waals surface area contributed by atoms with Gasteiger partial charge in [0, 0.05) is 71.0 Å². The second-order valence-electron chi connectivity index (χ2n) is 20.3. The van der Waals surface area contributed by atoms with Crippen molar-refractivity contribution >= 4 is 73.4 Å². The van der Waals surface area contributed by atoms with E-state index in [1.54, 1.807) is 0 Å². The van der Waals surface area contributed by atoms with Crippen LogP contribution >= 0.6 is 0 Å². The molecular weight excluding hydrogens is 1150 g/mol. The third kappa shape index (κ3) is 9.05. The van der Waals surface area contributed by atoms with Crippen LogP contribution in [0.15, 0.2) is 255 Å². The van der Waals surface area contributed by atoms with Crippen LogP contribution in [-0.4, -0.2) is 17.6 Å². The summed E-state index contributed by atoms with van der Waals surface area (Å²) in [6, 6.07) is 79.6. The molecule has 2 aromatic heterocycles. The summed E-state index contributed by atoms with van der Waals surface area (Å²) in [6.07, 6.45) is 1.29. The quantitative estimate of drug-likeness (QED) is 0.0734. The van der Waals surface area contributed by atoms with Gasteiger partial charge < -0.3 is 19.1 Å². The number of para-hydroxylation sites is 2. The second kappa shape index (κ2) is 20.8. The molecule has 0 amide bonds. The van der Waals surface area contributed by atoms with E-state index in [1.165, 1.54) is 38.6 Å². The van der Waals surface area contributed by atoms with Crippen LogP contribution in [0.3, 0.4) is 0 Å². The minimum atomic E-state index is -2.90. The predicted octanol–water partition coefficient (Wildman–Crippen LogP) is 15.3. The molecule has 0 atom stereocenters. The van der Waals surface area contributed by atoms with Gasteiger partial charge in [0.15, 0.2) is 8.07 Å². The van der Waals surface area contributed by atoms with Crippen molar-refractivity contribution < 1.29 is 36.8 Å². The first-order valence-corrected chi connectivity index (χ1v) is 27.7. The van der Waals surface area contributed by atoms with E-state index in [0.717, 1.165) is 44.6 Å². The molecule has 0 spiro atoms. The number of aryl methyl sites for hydroxylation is 1. The third-order valence-electron chi connectivity index (χ3n) is 14.6. The number of aromatic nitrogens is 2. The zero-order valence-corrected chi connectivity index (χ0v) is 46.2. The Balaban J connectivity index is 0.00000724. The summed E-state index contributed by atoms with van der Waals surface area (Å²) in [5, 5.41) is 6.60. The van der Waals surface area contributed by atoms with E-state index in [4.69, 9.17) is 20.7 Å². The van der Waals surface area contributed by atoms with Crippen LogP contribution in [0, 0.1) is 25.7 Å². The van der Waals surface area contributed by atoms with E-state index in [1.807, 2.05) is 53.1 Å². The Morgan fingerprint density at radius 2 is 1.18 bits per heavy atom. The molecule has 1 aliphatic rings. The Labute approximate surface area is 484 Å². The number of hydrogen-bond donors (Lipinski definition) is 0. The molecule has 10 aromatic carbocycles. The van der Waals surface area contributed by atoms with Gasteiger partial charge >= 0.3 is 0 Å². The van der Waals surface area contributed by atoms with Gasteiger partial charge in [0.2, 0.25) is 0 Å². The Morgan fingerprint density at radius 3 is 1.87 bits per heavy atom. The van der Waals surface area contributed by atoms with Gasteiger partial charge in [-0.1, -0.05) is 208 Å². The topological polar surface area (TPSA) is 33.5 Å². The number of anilines is 4. The minimum Gasteiger partial charge on any atom is -0.509 e. The van der Waals surface area contributed by atoms with Crippen LogP contribution in [0.25, 0.3) is 49.9 Å². The van der Waals surface area contributed by atoms with Crippen LogP contribution in [-0.2, 0) is 26.5 Å². The Hall–Kier alpha value is -8.54.